The standard InChI is InChI=1S/C21H19N5O2/c1-28-13-19(14-6-3-2-4-7-14)25-21-24-18(20(27)26-21)12-15-9-10-16-17(23-15)8-5-11-22-16/h2-12,19H,13H2,1H3,(H2,24,25,26,27)/b18-12-/t19-/m0/s1. The summed E-state index contributed by atoms with van der Waals surface area (Å²) in [5.74, 6) is 0.140. The van der Waals surface area contributed by atoms with Gasteiger partial charge in [0.1, 0.15) is 11.7 Å². The van der Waals surface area contributed by atoms with Gasteiger partial charge in [0.25, 0.3) is 5.91 Å². The first kappa shape index (κ1) is 17.8. The molecule has 0 aliphatic carbocycles. The van der Waals surface area contributed by atoms with E-state index in [9.17, 15) is 4.79 Å². The summed E-state index contributed by atoms with van der Waals surface area (Å²) in [6.45, 7) is 0.406. The van der Waals surface area contributed by atoms with Crippen molar-refractivity contribution in [2.24, 2.45) is 4.99 Å². The average molecular weight is 373 g/mol. The maximum atomic E-state index is 12.3. The number of carbonyl (C=O) groups excluding carboxylic acids is 1. The topological polar surface area (TPSA) is 88.5 Å². The van der Waals surface area contributed by atoms with Crippen molar-refractivity contribution < 1.29 is 9.53 Å². The molecule has 0 spiro atoms. The molecule has 1 saturated heterocycles. The minimum absolute atomic E-state index is 0.224. The van der Waals surface area contributed by atoms with Crippen molar-refractivity contribution in [1.29, 1.82) is 0 Å². The van der Waals surface area contributed by atoms with E-state index in [4.69, 9.17) is 4.74 Å². The van der Waals surface area contributed by atoms with Crippen molar-refractivity contribution in [3.8, 4) is 0 Å². The lowest BCUT2D eigenvalue weighted by Gasteiger charge is -2.12. The number of aromatic nitrogens is 2. The number of guanidine groups is 1. The zero-order chi connectivity index (χ0) is 19.3. The van der Waals surface area contributed by atoms with Gasteiger partial charge >= 0.3 is 0 Å². The van der Waals surface area contributed by atoms with Gasteiger partial charge < -0.3 is 10.1 Å². The predicted molar refractivity (Wildman–Crippen MR) is 107 cm³/mol. The minimum Gasteiger partial charge on any atom is -0.382 e. The normalized spacial score (nSPS) is 17.7. The Morgan fingerprint density at radius 1 is 1.07 bits per heavy atom. The summed E-state index contributed by atoms with van der Waals surface area (Å²) in [7, 11) is 1.63. The monoisotopic (exact) mass is 373 g/mol. The van der Waals surface area contributed by atoms with Crippen molar-refractivity contribution in [3.63, 3.8) is 0 Å². The first-order valence-electron chi connectivity index (χ1n) is 8.86. The van der Waals surface area contributed by atoms with Crippen LogP contribution in [0.3, 0.4) is 0 Å². The fourth-order valence-corrected chi connectivity index (χ4v) is 2.95. The van der Waals surface area contributed by atoms with Gasteiger partial charge in [-0.1, -0.05) is 30.3 Å². The van der Waals surface area contributed by atoms with Crippen LogP contribution in [0.2, 0.25) is 0 Å². The highest BCUT2D eigenvalue weighted by atomic mass is 16.5. The predicted octanol–water partition coefficient (Wildman–Crippen LogP) is 2.43. The lowest BCUT2D eigenvalue weighted by molar-refractivity contribution is -0.115. The molecule has 28 heavy (non-hydrogen) atoms. The summed E-state index contributed by atoms with van der Waals surface area (Å²) in [6.07, 6.45) is 3.41. The molecule has 2 aromatic heterocycles. The van der Waals surface area contributed by atoms with E-state index < -0.39 is 0 Å². The quantitative estimate of drug-likeness (QED) is 0.671. The van der Waals surface area contributed by atoms with Gasteiger partial charge in [0.05, 0.1) is 23.3 Å². The molecular weight excluding hydrogens is 354 g/mol. The van der Waals surface area contributed by atoms with Gasteiger partial charge in [0, 0.05) is 13.3 Å². The molecule has 0 saturated carbocycles. The number of nitrogens with zero attached hydrogens (tertiary/aromatic N) is 3. The number of pyridine rings is 2. The number of nitrogens with one attached hydrogen (secondary N) is 2. The van der Waals surface area contributed by atoms with Gasteiger partial charge in [0.2, 0.25) is 5.96 Å². The highest BCUT2D eigenvalue weighted by molar-refractivity contribution is 6.15. The third-order valence-corrected chi connectivity index (χ3v) is 4.29. The Balaban J connectivity index is 1.58. The number of hydrogen-bond acceptors (Lipinski definition) is 5. The zero-order valence-electron chi connectivity index (χ0n) is 15.3. The van der Waals surface area contributed by atoms with E-state index in [0.717, 1.165) is 16.6 Å². The van der Waals surface area contributed by atoms with E-state index in [2.05, 4.69) is 25.6 Å². The summed E-state index contributed by atoms with van der Waals surface area (Å²) in [6, 6.07) is 17.0. The second kappa shape index (κ2) is 7.98. The Morgan fingerprint density at radius 2 is 1.93 bits per heavy atom. The average Bonchev–Trinajstić information content (AvgIpc) is 3.07. The van der Waals surface area contributed by atoms with Crippen LogP contribution in [0.5, 0.6) is 0 Å². The maximum Gasteiger partial charge on any atom is 0.274 e. The summed E-state index contributed by atoms with van der Waals surface area (Å²) in [5.41, 5.74) is 3.64. The number of ether oxygens (including phenoxy) is 1. The Kier molecular flexibility index (Phi) is 5.07. The number of fused-ring (bicyclic) bond motifs is 1. The van der Waals surface area contributed by atoms with Gasteiger partial charge in [-0.25, -0.2) is 9.98 Å². The van der Waals surface area contributed by atoms with Crippen LogP contribution in [-0.4, -0.2) is 35.6 Å². The second-order valence-electron chi connectivity index (χ2n) is 6.27. The molecule has 1 aliphatic rings. The van der Waals surface area contributed by atoms with Crippen LogP contribution >= 0.6 is 0 Å². The Bertz CT molecular complexity index is 1060. The molecule has 0 radical (unpaired) electrons. The molecule has 2 N–H and O–H groups in total. The summed E-state index contributed by atoms with van der Waals surface area (Å²) in [5, 5.41) is 5.79. The van der Waals surface area contributed by atoms with Crippen molar-refractivity contribution >= 4 is 29.0 Å². The highest BCUT2D eigenvalue weighted by Crippen LogP contribution is 2.18. The first-order chi connectivity index (χ1) is 13.7. The van der Waals surface area contributed by atoms with E-state index in [-0.39, 0.29) is 11.9 Å². The van der Waals surface area contributed by atoms with Crippen molar-refractivity contribution in [2.45, 2.75) is 6.04 Å². The number of aliphatic imine (C=N–C) groups is 1. The Labute approximate surface area is 162 Å². The SMILES string of the molecule is COC[C@H](N=C1NC(=O)/C(=C/c2ccc3ncccc3n2)N1)c1ccccc1. The van der Waals surface area contributed by atoms with Crippen LogP contribution in [0, 0.1) is 0 Å². The Morgan fingerprint density at radius 3 is 2.75 bits per heavy atom. The second-order valence-corrected chi connectivity index (χ2v) is 6.27. The maximum absolute atomic E-state index is 12.3. The number of amides is 1. The van der Waals surface area contributed by atoms with Crippen LogP contribution in [0.4, 0.5) is 0 Å². The fourth-order valence-electron chi connectivity index (χ4n) is 2.95. The number of carbonyl (C=O) groups is 1. The van der Waals surface area contributed by atoms with Crippen LogP contribution < -0.4 is 10.6 Å². The smallest absolute Gasteiger partial charge is 0.274 e. The van der Waals surface area contributed by atoms with E-state index in [1.54, 1.807) is 19.4 Å². The molecule has 0 unspecified atom stereocenters. The van der Waals surface area contributed by atoms with Gasteiger partial charge in [-0.05, 0) is 35.9 Å². The molecule has 4 rings (SSSR count). The molecule has 1 amide bonds. The van der Waals surface area contributed by atoms with E-state index in [0.29, 0.717) is 24.0 Å². The summed E-state index contributed by atoms with van der Waals surface area (Å²) in [4.78, 5) is 25.7. The van der Waals surface area contributed by atoms with Crippen molar-refractivity contribution in [1.82, 2.24) is 20.6 Å². The van der Waals surface area contributed by atoms with Crippen LogP contribution in [0.25, 0.3) is 17.1 Å². The molecule has 7 nitrogen and oxygen atoms in total. The minimum atomic E-state index is -0.254. The Hall–Kier alpha value is -3.58. The van der Waals surface area contributed by atoms with Crippen molar-refractivity contribution in [3.05, 3.63) is 77.7 Å². The van der Waals surface area contributed by atoms with E-state index in [1.165, 1.54) is 0 Å². The lowest BCUT2D eigenvalue weighted by Crippen LogP contribution is -2.26. The molecule has 0 bridgehead atoms. The zero-order valence-corrected chi connectivity index (χ0v) is 15.3. The van der Waals surface area contributed by atoms with E-state index in [1.807, 2.05) is 54.6 Å². The molecule has 7 heteroatoms. The van der Waals surface area contributed by atoms with Gasteiger partial charge in [-0.2, -0.15) is 0 Å². The molecule has 1 aliphatic heterocycles. The third-order valence-electron chi connectivity index (χ3n) is 4.29. The number of methoxy groups -OCH3 is 1. The molecule has 3 heterocycles. The highest BCUT2D eigenvalue weighted by Gasteiger charge is 2.23. The lowest BCUT2D eigenvalue weighted by atomic mass is 10.1. The molecule has 3 aromatic rings. The van der Waals surface area contributed by atoms with Crippen LogP contribution in [0.1, 0.15) is 17.3 Å². The largest absolute Gasteiger partial charge is 0.382 e. The molecule has 1 aromatic carbocycles. The summed E-state index contributed by atoms with van der Waals surface area (Å²) >= 11 is 0. The fraction of sp³-hybridized carbons (Fsp3) is 0.143. The number of benzene rings is 1. The molecular formula is C21H19N5O2. The number of rotatable bonds is 5. The van der Waals surface area contributed by atoms with Gasteiger partial charge in [0.15, 0.2) is 0 Å². The van der Waals surface area contributed by atoms with Gasteiger partial charge in [-0.3, -0.25) is 15.1 Å². The van der Waals surface area contributed by atoms with Crippen molar-refractivity contribution in [2.75, 3.05) is 13.7 Å². The number of hydrogen-bond donors (Lipinski definition) is 2. The molecule has 140 valence electrons. The first-order valence-corrected chi connectivity index (χ1v) is 8.86. The van der Waals surface area contributed by atoms with E-state index >= 15 is 0 Å². The van der Waals surface area contributed by atoms with Crippen LogP contribution in [0.15, 0.2) is 71.5 Å². The van der Waals surface area contributed by atoms with Crippen LogP contribution in [-0.2, 0) is 9.53 Å². The third kappa shape index (κ3) is 3.89. The molecule has 1 atom stereocenters. The molecule has 1 fully saturated rings. The summed E-state index contributed by atoms with van der Waals surface area (Å²) < 4.78 is 5.28. The van der Waals surface area contributed by atoms with Gasteiger partial charge in [-0.15, -0.1) is 0 Å².